The van der Waals surface area contributed by atoms with Crippen molar-refractivity contribution in [1.82, 2.24) is 4.98 Å². The molecule has 2 aliphatic rings. The van der Waals surface area contributed by atoms with Crippen molar-refractivity contribution in [2.45, 2.75) is 25.7 Å². The molecule has 134 valence electrons. The van der Waals surface area contributed by atoms with Gasteiger partial charge in [-0.15, -0.1) is 0 Å². The van der Waals surface area contributed by atoms with Crippen molar-refractivity contribution in [3.63, 3.8) is 0 Å². The van der Waals surface area contributed by atoms with Gasteiger partial charge in [-0.05, 0) is 72.9 Å². The Morgan fingerprint density at radius 2 is 1.58 bits per heavy atom. The van der Waals surface area contributed by atoms with Crippen LogP contribution in [0.3, 0.4) is 0 Å². The maximum atomic E-state index is 12.7. The fourth-order valence-electron chi connectivity index (χ4n) is 4.68. The molecule has 2 bridgehead atoms. The SMILES string of the molecule is O=C(Nc1ccc(Cc2ccncc2)cc1)[C@@H]1[C@@H]2CC[C@@H](C2)[C@@H]1C(=O)[O-]. The first kappa shape index (κ1) is 16.8. The number of carboxylic acid groups (broad SMARTS) is 1. The van der Waals surface area contributed by atoms with Gasteiger partial charge in [0.2, 0.25) is 5.91 Å². The summed E-state index contributed by atoms with van der Waals surface area (Å²) in [7, 11) is 0. The number of hydrogen-bond acceptors (Lipinski definition) is 4. The molecule has 4 atom stereocenters. The van der Waals surface area contributed by atoms with Crippen molar-refractivity contribution in [1.29, 1.82) is 0 Å². The van der Waals surface area contributed by atoms with Gasteiger partial charge in [-0.3, -0.25) is 9.78 Å². The lowest BCUT2D eigenvalue weighted by Gasteiger charge is -2.30. The molecular weight excluding hydrogens is 328 g/mol. The van der Waals surface area contributed by atoms with Crippen LogP contribution in [0, 0.1) is 23.7 Å². The number of carbonyl (C=O) groups excluding carboxylic acids is 2. The molecule has 5 heteroatoms. The number of rotatable bonds is 5. The van der Waals surface area contributed by atoms with Crippen molar-refractivity contribution in [3.8, 4) is 0 Å². The summed E-state index contributed by atoms with van der Waals surface area (Å²) < 4.78 is 0. The highest BCUT2D eigenvalue weighted by atomic mass is 16.4. The minimum Gasteiger partial charge on any atom is -0.550 e. The first-order chi connectivity index (χ1) is 12.6. The molecule has 5 nitrogen and oxygen atoms in total. The highest BCUT2D eigenvalue weighted by molar-refractivity contribution is 5.95. The van der Waals surface area contributed by atoms with Gasteiger partial charge < -0.3 is 15.2 Å². The quantitative estimate of drug-likeness (QED) is 0.895. The number of aliphatic carboxylic acids is 1. The van der Waals surface area contributed by atoms with Gasteiger partial charge in [-0.2, -0.15) is 0 Å². The summed E-state index contributed by atoms with van der Waals surface area (Å²) in [6.45, 7) is 0. The molecule has 0 aliphatic heterocycles. The lowest BCUT2D eigenvalue weighted by molar-refractivity contribution is -0.314. The Balaban J connectivity index is 1.42. The highest BCUT2D eigenvalue weighted by Gasteiger charge is 2.51. The van der Waals surface area contributed by atoms with Gasteiger partial charge in [0.05, 0.1) is 0 Å². The Kier molecular flexibility index (Phi) is 4.45. The van der Waals surface area contributed by atoms with Gasteiger partial charge in [-0.1, -0.05) is 12.1 Å². The molecule has 1 heterocycles. The van der Waals surface area contributed by atoms with Gasteiger partial charge in [-0.25, -0.2) is 0 Å². The van der Waals surface area contributed by atoms with E-state index in [1.54, 1.807) is 12.4 Å². The molecule has 1 aromatic heterocycles. The van der Waals surface area contributed by atoms with Crippen molar-refractivity contribution < 1.29 is 14.7 Å². The topological polar surface area (TPSA) is 82.1 Å². The maximum Gasteiger partial charge on any atom is 0.228 e. The highest BCUT2D eigenvalue weighted by Crippen LogP contribution is 2.52. The second-order valence-electron chi connectivity index (χ2n) is 7.42. The standard InChI is InChI=1S/C21H22N2O3/c24-20(18-15-3-4-16(12-15)19(18)21(25)26)23-17-5-1-13(2-6-17)11-14-7-9-22-10-8-14/h1-2,5-10,15-16,18-19H,3-4,11-12H2,(H,23,24)(H,25,26)/p-1/t15-,16+,18-,19+/m1/s1. The molecule has 2 aliphatic carbocycles. The second kappa shape index (κ2) is 6.90. The zero-order chi connectivity index (χ0) is 18.1. The third-order valence-corrected chi connectivity index (χ3v) is 5.87. The third kappa shape index (κ3) is 3.21. The van der Waals surface area contributed by atoms with Gasteiger partial charge in [0.1, 0.15) is 0 Å². The molecule has 0 radical (unpaired) electrons. The van der Waals surface area contributed by atoms with Crippen LogP contribution in [0.4, 0.5) is 5.69 Å². The van der Waals surface area contributed by atoms with Crippen LogP contribution >= 0.6 is 0 Å². The zero-order valence-electron chi connectivity index (χ0n) is 14.4. The van der Waals surface area contributed by atoms with Crippen LogP contribution in [0.2, 0.25) is 0 Å². The third-order valence-electron chi connectivity index (χ3n) is 5.87. The van der Waals surface area contributed by atoms with E-state index in [1.165, 1.54) is 5.56 Å². The minimum absolute atomic E-state index is 0.100. The first-order valence-corrected chi connectivity index (χ1v) is 9.11. The predicted octanol–water partition coefficient (Wildman–Crippen LogP) is 2.02. The number of carbonyl (C=O) groups is 2. The average Bonchev–Trinajstić information content (AvgIpc) is 3.25. The fraction of sp³-hybridized carbons (Fsp3) is 0.381. The molecule has 26 heavy (non-hydrogen) atoms. The van der Waals surface area contributed by atoms with E-state index < -0.39 is 17.8 Å². The van der Waals surface area contributed by atoms with E-state index in [-0.39, 0.29) is 17.7 Å². The Labute approximate surface area is 152 Å². The molecule has 0 spiro atoms. The van der Waals surface area contributed by atoms with Crippen molar-refractivity contribution in [2.75, 3.05) is 5.32 Å². The monoisotopic (exact) mass is 349 g/mol. The van der Waals surface area contributed by atoms with E-state index in [0.29, 0.717) is 5.69 Å². The summed E-state index contributed by atoms with van der Waals surface area (Å²) in [5, 5.41) is 14.4. The van der Waals surface area contributed by atoms with E-state index in [2.05, 4.69) is 10.3 Å². The minimum atomic E-state index is -1.08. The molecule has 2 saturated carbocycles. The lowest BCUT2D eigenvalue weighted by Crippen LogP contribution is -2.43. The summed E-state index contributed by atoms with van der Waals surface area (Å²) in [6.07, 6.45) is 7.02. The molecule has 1 amide bonds. The van der Waals surface area contributed by atoms with Crippen LogP contribution in [0.5, 0.6) is 0 Å². The number of fused-ring (bicyclic) bond motifs is 2. The summed E-state index contributed by atoms with van der Waals surface area (Å²) in [5.74, 6) is -2.09. The molecule has 2 fully saturated rings. The van der Waals surface area contributed by atoms with E-state index in [0.717, 1.165) is 31.2 Å². The number of hydrogen-bond donors (Lipinski definition) is 1. The predicted molar refractivity (Wildman–Crippen MR) is 94.9 cm³/mol. The van der Waals surface area contributed by atoms with Gasteiger partial charge in [0, 0.05) is 35.9 Å². The molecule has 0 unspecified atom stereocenters. The largest absolute Gasteiger partial charge is 0.550 e. The zero-order valence-corrected chi connectivity index (χ0v) is 14.4. The summed E-state index contributed by atoms with van der Waals surface area (Å²) >= 11 is 0. The van der Waals surface area contributed by atoms with Gasteiger partial charge >= 0.3 is 0 Å². The van der Waals surface area contributed by atoms with Crippen LogP contribution in [-0.4, -0.2) is 16.9 Å². The van der Waals surface area contributed by atoms with E-state index in [4.69, 9.17) is 0 Å². The molecule has 1 N–H and O–H groups in total. The molecule has 0 saturated heterocycles. The number of carboxylic acids is 1. The first-order valence-electron chi connectivity index (χ1n) is 9.11. The van der Waals surface area contributed by atoms with Crippen LogP contribution in [-0.2, 0) is 16.0 Å². The Morgan fingerprint density at radius 3 is 2.23 bits per heavy atom. The Hall–Kier alpha value is -2.69. The van der Waals surface area contributed by atoms with Crippen molar-refractivity contribution in [3.05, 3.63) is 59.9 Å². The smallest absolute Gasteiger partial charge is 0.228 e. The molecule has 2 aromatic rings. The van der Waals surface area contributed by atoms with Crippen LogP contribution in [0.25, 0.3) is 0 Å². The summed E-state index contributed by atoms with van der Waals surface area (Å²) in [5.41, 5.74) is 3.02. The van der Waals surface area contributed by atoms with E-state index in [1.807, 2.05) is 36.4 Å². The average molecular weight is 349 g/mol. The fourth-order valence-corrected chi connectivity index (χ4v) is 4.68. The number of pyridine rings is 1. The molecular formula is C21H21N2O3-. The maximum absolute atomic E-state index is 12.7. The number of nitrogens with zero attached hydrogens (tertiary/aromatic N) is 1. The number of benzene rings is 1. The second-order valence-corrected chi connectivity index (χ2v) is 7.42. The van der Waals surface area contributed by atoms with E-state index >= 15 is 0 Å². The molecule has 1 aromatic carbocycles. The Bertz CT molecular complexity index is 804. The van der Waals surface area contributed by atoms with Crippen LogP contribution in [0.1, 0.15) is 30.4 Å². The number of anilines is 1. The summed E-state index contributed by atoms with van der Waals surface area (Å²) in [4.78, 5) is 28.2. The van der Waals surface area contributed by atoms with Crippen LogP contribution in [0.15, 0.2) is 48.8 Å². The normalized spacial score (nSPS) is 26.6. The summed E-state index contributed by atoms with van der Waals surface area (Å²) in [6, 6.07) is 11.7. The number of amides is 1. The van der Waals surface area contributed by atoms with Crippen LogP contribution < -0.4 is 10.4 Å². The number of nitrogens with one attached hydrogen (secondary N) is 1. The van der Waals surface area contributed by atoms with Gasteiger partial charge in [0.15, 0.2) is 0 Å². The van der Waals surface area contributed by atoms with Crippen molar-refractivity contribution in [2.24, 2.45) is 23.7 Å². The van der Waals surface area contributed by atoms with Crippen molar-refractivity contribution >= 4 is 17.6 Å². The lowest BCUT2D eigenvalue weighted by atomic mass is 9.78. The Morgan fingerprint density at radius 1 is 0.962 bits per heavy atom. The number of aromatic nitrogens is 1. The van der Waals surface area contributed by atoms with Gasteiger partial charge in [0.25, 0.3) is 0 Å². The molecule has 4 rings (SSSR count). The van der Waals surface area contributed by atoms with E-state index in [9.17, 15) is 14.7 Å².